The molecule has 6 heteroatoms. The molecule has 1 aromatic heterocycles. The monoisotopic (exact) mass is 358 g/mol. The van der Waals surface area contributed by atoms with E-state index in [9.17, 15) is 0 Å². The van der Waals surface area contributed by atoms with Gasteiger partial charge >= 0.3 is 0 Å². The predicted molar refractivity (Wildman–Crippen MR) is 80.6 cm³/mol. The maximum atomic E-state index is 6.34. The number of rotatable bonds is 1. The third-order valence-electron chi connectivity index (χ3n) is 2.60. The third-order valence-corrected chi connectivity index (χ3v) is 4.98. The van der Waals surface area contributed by atoms with Gasteiger partial charge in [0, 0.05) is 5.56 Å². The lowest BCUT2D eigenvalue weighted by Crippen LogP contribution is -1.86. The van der Waals surface area contributed by atoms with Crippen LogP contribution in [0.1, 0.15) is 0 Å². The highest BCUT2D eigenvalue weighted by Gasteiger charge is 2.19. The Labute approximate surface area is 126 Å². The number of halogens is 3. The van der Waals surface area contributed by atoms with Gasteiger partial charge in [-0.25, -0.2) is 0 Å². The van der Waals surface area contributed by atoms with Crippen molar-refractivity contribution < 1.29 is 0 Å². The Morgan fingerprint density at radius 3 is 2.33 bits per heavy atom. The topological polar surface area (TPSA) is 25.8 Å². The SMILES string of the molecule is Clc1c(Cl)c(-c2ccccc2)c2nsnc2c1Br. The molecule has 0 radical (unpaired) electrons. The fourth-order valence-electron chi connectivity index (χ4n) is 1.78. The van der Waals surface area contributed by atoms with Gasteiger partial charge in [0.1, 0.15) is 11.0 Å². The van der Waals surface area contributed by atoms with E-state index in [2.05, 4.69) is 24.7 Å². The quantitative estimate of drug-likeness (QED) is 0.541. The molecule has 2 nitrogen and oxygen atoms in total. The molecule has 90 valence electrons. The van der Waals surface area contributed by atoms with Crippen LogP contribution in [0.5, 0.6) is 0 Å². The molecule has 0 fully saturated rings. The van der Waals surface area contributed by atoms with Gasteiger partial charge in [-0.05, 0) is 21.5 Å². The van der Waals surface area contributed by atoms with Crippen LogP contribution >= 0.6 is 50.9 Å². The van der Waals surface area contributed by atoms with Crippen molar-refractivity contribution in [1.82, 2.24) is 8.75 Å². The van der Waals surface area contributed by atoms with Crippen LogP contribution in [0.3, 0.4) is 0 Å². The fraction of sp³-hybridized carbons (Fsp3) is 0. The average Bonchev–Trinajstić information content (AvgIpc) is 2.87. The summed E-state index contributed by atoms with van der Waals surface area (Å²) in [5, 5.41) is 0.964. The molecule has 0 spiro atoms. The van der Waals surface area contributed by atoms with Crippen LogP contribution in [-0.2, 0) is 0 Å². The van der Waals surface area contributed by atoms with Gasteiger partial charge in [-0.15, -0.1) is 0 Å². The third kappa shape index (κ3) is 1.84. The molecule has 2 aromatic carbocycles. The Kier molecular flexibility index (Phi) is 3.28. The Bertz CT molecular complexity index is 728. The van der Waals surface area contributed by atoms with Gasteiger partial charge in [0.15, 0.2) is 0 Å². The standard InChI is InChI=1S/C12H5BrCl2N2S/c13-8-10(15)9(14)7(6-4-2-1-3-5-6)11-12(8)17-18-16-11/h1-5H. The van der Waals surface area contributed by atoms with Crippen molar-refractivity contribution in [3.63, 3.8) is 0 Å². The van der Waals surface area contributed by atoms with Crippen LogP contribution in [-0.4, -0.2) is 8.75 Å². The maximum absolute atomic E-state index is 6.34. The zero-order chi connectivity index (χ0) is 12.7. The Morgan fingerprint density at radius 1 is 0.944 bits per heavy atom. The van der Waals surface area contributed by atoms with Gasteiger partial charge in [0.2, 0.25) is 0 Å². The van der Waals surface area contributed by atoms with Crippen molar-refractivity contribution in [3.8, 4) is 11.1 Å². The molecule has 0 amide bonds. The second kappa shape index (κ2) is 4.78. The lowest BCUT2D eigenvalue weighted by Gasteiger charge is -2.08. The van der Waals surface area contributed by atoms with Gasteiger partial charge in [-0.1, -0.05) is 53.5 Å². The zero-order valence-corrected chi connectivity index (χ0v) is 12.7. The van der Waals surface area contributed by atoms with Crippen molar-refractivity contribution >= 4 is 61.9 Å². The van der Waals surface area contributed by atoms with Gasteiger partial charge in [-0.2, -0.15) is 8.75 Å². The van der Waals surface area contributed by atoms with Crippen LogP contribution in [0.4, 0.5) is 0 Å². The molecule has 0 saturated carbocycles. The molecule has 0 unspecified atom stereocenters. The highest BCUT2D eigenvalue weighted by molar-refractivity contribution is 9.10. The second-order valence-electron chi connectivity index (χ2n) is 3.64. The van der Waals surface area contributed by atoms with E-state index in [4.69, 9.17) is 23.2 Å². The van der Waals surface area contributed by atoms with E-state index >= 15 is 0 Å². The molecule has 0 aliphatic heterocycles. The summed E-state index contributed by atoms with van der Waals surface area (Å²) in [5.41, 5.74) is 3.32. The van der Waals surface area contributed by atoms with Crippen molar-refractivity contribution in [2.75, 3.05) is 0 Å². The summed E-state index contributed by atoms with van der Waals surface area (Å²) in [6.45, 7) is 0. The minimum absolute atomic E-state index is 0.468. The summed E-state index contributed by atoms with van der Waals surface area (Å²) in [6, 6.07) is 9.81. The first-order chi connectivity index (χ1) is 8.70. The summed E-state index contributed by atoms with van der Waals surface area (Å²) in [7, 11) is 0. The average molecular weight is 360 g/mol. The van der Waals surface area contributed by atoms with Gasteiger partial charge < -0.3 is 0 Å². The summed E-state index contributed by atoms with van der Waals surface area (Å²) in [5.74, 6) is 0. The number of hydrogen-bond acceptors (Lipinski definition) is 3. The summed E-state index contributed by atoms with van der Waals surface area (Å²) in [4.78, 5) is 0. The highest BCUT2D eigenvalue weighted by atomic mass is 79.9. The Hall–Kier alpha value is -0.680. The molecule has 1 heterocycles. The highest BCUT2D eigenvalue weighted by Crippen LogP contribution is 2.44. The lowest BCUT2D eigenvalue weighted by atomic mass is 10.0. The molecular formula is C12H5BrCl2N2S. The summed E-state index contributed by atoms with van der Waals surface area (Å²) in [6.07, 6.45) is 0. The number of nitrogens with zero attached hydrogens (tertiary/aromatic N) is 2. The van der Waals surface area contributed by atoms with Crippen LogP contribution in [0.15, 0.2) is 34.8 Å². The van der Waals surface area contributed by atoms with E-state index in [1.54, 1.807) is 0 Å². The lowest BCUT2D eigenvalue weighted by molar-refractivity contribution is 1.58. The molecule has 0 saturated heterocycles. The molecule has 3 aromatic rings. The molecule has 0 aliphatic carbocycles. The summed E-state index contributed by atoms with van der Waals surface area (Å²) < 4.78 is 9.25. The number of hydrogen-bond donors (Lipinski definition) is 0. The molecule has 0 aliphatic rings. The van der Waals surface area contributed by atoms with E-state index in [0.29, 0.717) is 14.5 Å². The maximum Gasteiger partial charge on any atom is 0.121 e. The van der Waals surface area contributed by atoms with Crippen LogP contribution in [0.25, 0.3) is 22.2 Å². The normalized spacial score (nSPS) is 11.1. The van der Waals surface area contributed by atoms with E-state index < -0.39 is 0 Å². The molecule has 0 N–H and O–H groups in total. The first kappa shape index (κ1) is 12.4. The zero-order valence-electron chi connectivity index (χ0n) is 8.82. The minimum Gasteiger partial charge on any atom is -0.172 e. The number of aromatic nitrogens is 2. The first-order valence-corrected chi connectivity index (χ1v) is 7.32. The number of benzene rings is 2. The first-order valence-electron chi connectivity index (χ1n) is 5.04. The van der Waals surface area contributed by atoms with Crippen molar-refractivity contribution in [1.29, 1.82) is 0 Å². The van der Waals surface area contributed by atoms with Crippen LogP contribution in [0, 0.1) is 0 Å². The Balaban J connectivity index is 2.46. The van der Waals surface area contributed by atoms with E-state index in [-0.39, 0.29) is 0 Å². The number of fused-ring (bicyclic) bond motifs is 1. The Morgan fingerprint density at radius 2 is 1.61 bits per heavy atom. The van der Waals surface area contributed by atoms with E-state index in [0.717, 1.165) is 33.9 Å². The van der Waals surface area contributed by atoms with Crippen molar-refractivity contribution in [2.24, 2.45) is 0 Å². The summed E-state index contributed by atoms with van der Waals surface area (Å²) >= 11 is 17.1. The molecule has 3 rings (SSSR count). The minimum atomic E-state index is 0.468. The molecule has 0 atom stereocenters. The van der Waals surface area contributed by atoms with Crippen molar-refractivity contribution in [3.05, 3.63) is 44.8 Å². The van der Waals surface area contributed by atoms with Crippen molar-refractivity contribution in [2.45, 2.75) is 0 Å². The fourth-order valence-corrected chi connectivity index (χ4v) is 3.52. The van der Waals surface area contributed by atoms with Gasteiger partial charge in [-0.3, -0.25) is 0 Å². The van der Waals surface area contributed by atoms with E-state index in [1.807, 2.05) is 30.3 Å². The second-order valence-corrected chi connectivity index (χ2v) is 5.72. The largest absolute Gasteiger partial charge is 0.172 e. The van der Waals surface area contributed by atoms with Crippen LogP contribution in [0.2, 0.25) is 10.0 Å². The molecular weight excluding hydrogens is 355 g/mol. The smallest absolute Gasteiger partial charge is 0.121 e. The van der Waals surface area contributed by atoms with E-state index in [1.165, 1.54) is 0 Å². The predicted octanol–water partition coefficient (Wildman–Crippen LogP) is 5.43. The molecule has 18 heavy (non-hydrogen) atoms. The van der Waals surface area contributed by atoms with Gasteiger partial charge in [0.25, 0.3) is 0 Å². The molecule has 0 bridgehead atoms. The van der Waals surface area contributed by atoms with Gasteiger partial charge in [0.05, 0.1) is 26.2 Å². The van der Waals surface area contributed by atoms with Crippen LogP contribution < -0.4 is 0 Å².